The Bertz CT molecular complexity index is 651. The van der Waals surface area contributed by atoms with Gasteiger partial charge in [0.25, 0.3) is 20.2 Å². The second kappa shape index (κ2) is 5.74. The molecule has 0 spiro atoms. The van der Waals surface area contributed by atoms with Crippen LogP contribution in [0.4, 0.5) is 5.69 Å². The average molecular weight is 311 g/mol. The molecule has 108 valence electrons. The second-order valence-electron chi connectivity index (χ2n) is 3.66. The molecule has 0 bridgehead atoms. The van der Waals surface area contributed by atoms with E-state index in [-0.39, 0.29) is 29.4 Å². The number of benzene rings is 1. The van der Waals surface area contributed by atoms with E-state index in [0.29, 0.717) is 0 Å². The van der Waals surface area contributed by atoms with Gasteiger partial charge < -0.3 is 10.5 Å². The van der Waals surface area contributed by atoms with Crippen LogP contribution in [0.15, 0.2) is 23.1 Å². The van der Waals surface area contributed by atoms with Crippen molar-refractivity contribution in [2.24, 2.45) is 0 Å². The molecule has 0 saturated carbocycles. The zero-order chi connectivity index (χ0) is 14.7. The number of ether oxygens (including phenoxy) is 1. The highest BCUT2D eigenvalue weighted by Gasteiger charge is 2.12. The van der Waals surface area contributed by atoms with Crippen molar-refractivity contribution in [3.05, 3.63) is 18.2 Å². The van der Waals surface area contributed by atoms with Crippen molar-refractivity contribution in [3.63, 3.8) is 0 Å². The third kappa shape index (κ3) is 5.42. The summed E-state index contributed by atoms with van der Waals surface area (Å²) >= 11 is 0. The van der Waals surface area contributed by atoms with Gasteiger partial charge in [-0.3, -0.25) is 9.11 Å². The Balaban J connectivity index is 2.73. The Labute approximate surface area is 110 Å². The first-order valence-electron chi connectivity index (χ1n) is 5.04. The molecule has 4 N–H and O–H groups in total. The number of rotatable bonds is 6. The number of nitrogens with two attached hydrogens (primary N) is 1. The fraction of sp³-hybridized carbons (Fsp3) is 0.333. The van der Waals surface area contributed by atoms with Gasteiger partial charge in [0.1, 0.15) is 5.75 Å². The number of nitrogen functional groups attached to an aromatic ring is 1. The van der Waals surface area contributed by atoms with Crippen LogP contribution >= 0.6 is 0 Å². The lowest BCUT2D eigenvalue weighted by molar-refractivity contribution is 0.317. The molecule has 0 unspecified atom stereocenters. The van der Waals surface area contributed by atoms with Crippen LogP contribution in [0, 0.1) is 0 Å². The van der Waals surface area contributed by atoms with E-state index in [1.54, 1.807) is 0 Å². The standard InChI is InChI=1S/C9H13NO7S2/c10-8-3-2-7(19(14,15)16)6-9(8)17-4-1-5-18(11,12)13/h2-3,6H,1,4-5,10H2,(H,11,12,13)(H,14,15,16). The first-order valence-corrected chi connectivity index (χ1v) is 8.09. The van der Waals surface area contributed by atoms with Crippen molar-refractivity contribution in [2.45, 2.75) is 11.3 Å². The van der Waals surface area contributed by atoms with E-state index < -0.39 is 26.0 Å². The number of hydrogen-bond donors (Lipinski definition) is 3. The van der Waals surface area contributed by atoms with Gasteiger partial charge in [-0.1, -0.05) is 0 Å². The molecule has 1 rings (SSSR count). The highest BCUT2D eigenvalue weighted by atomic mass is 32.2. The molecule has 0 aliphatic heterocycles. The highest BCUT2D eigenvalue weighted by molar-refractivity contribution is 7.86. The predicted octanol–water partition coefficient (Wildman–Crippen LogP) is 0.172. The van der Waals surface area contributed by atoms with Crippen LogP contribution in [0.5, 0.6) is 5.75 Å². The van der Waals surface area contributed by atoms with E-state index in [1.807, 2.05) is 0 Å². The summed E-state index contributed by atoms with van der Waals surface area (Å²) in [4.78, 5) is -0.383. The van der Waals surface area contributed by atoms with Crippen molar-refractivity contribution >= 4 is 25.9 Å². The summed E-state index contributed by atoms with van der Waals surface area (Å²) in [6.45, 7) is -0.0844. The molecule has 0 aliphatic carbocycles. The van der Waals surface area contributed by atoms with Crippen LogP contribution < -0.4 is 10.5 Å². The largest absolute Gasteiger partial charge is 0.491 e. The lowest BCUT2D eigenvalue weighted by Gasteiger charge is -2.09. The smallest absolute Gasteiger partial charge is 0.294 e. The summed E-state index contributed by atoms with van der Waals surface area (Å²) in [6, 6.07) is 3.37. The Kier molecular flexibility index (Phi) is 4.74. The van der Waals surface area contributed by atoms with E-state index in [9.17, 15) is 16.8 Å². The Morgan fingerprint density at radius 3 is 2.32 bits per heavy atom. The van der Waals surface area contributed by atoms with E-state index in [2.05, 4.69) is 0 Å². The van der Waals surface area contributed by atoms with Crippen molar-refractivity contribution < 1.29 is 30.7 Å². The first kappa shape index (κ1) is 15.7. The average Bonchev–Trinajstić information content (AvgIpc) is 2.23. The number of hydrogen-bond acceptors (Lipinski definition) is 6. The van der Waals surface area contributed by atoms with E-state index >= 15 is 0 Å². The summed E-state index contributed by atoms with van der Waals surface area (Å²) in [5.74, 6) is -0.476. The monoisotopic (exact) mass is 311 g/mol. The normalized spacial score (nSPS) is 12.3. The van der Waals surface area contributed by atoms with E-state index in [1.165, 1.54) is 6.07 Å². The van der Waals surface area contributed by atoms with E-state index in [4.69, 9.17) is 19.6 Å². The fourth-order valence-corrected chi connectivity index (χ4v) is 2.20. The molecule has 0 amide bonds. The lowest BCUT2D eigenvalue weighted by atomic mass is 10.3. The van der Waals surface area contributed by atoms with Gasteiger partial charge >= 0.3 is 0 Å². The summed E-state index contributed by atoms with van der Waals surface area (Å²) in [6.07, 6.45) is 0.00831. The molecule has 0 atom stereocenters. The molecule has 1 aromatic carbocycles. The Hall–Kier alpha value is -1.36. The fourth-order valence-electron chi connectivity index (χ4n) is 1.22. The summed E-state index contributed by atoms with van der Waals surface area (Å²) < 4.78 is 65.2. The van der Waals surface area contributed by atoms with Gasteiger partial charge in [0.05, 0.1) is 22.9 Å². The van der Waals surface area contributed by atoms with Crippen LogP contribution in [0.3, 0.4) is 0 Å². The van der Waals surface area contributed by atoms with Crippen LogP contribution in [0.2, 0.25) is 0 Å². The van der Waals surface area contributed by atoms with Gasteiger partial charge in [-0.2, -0.15) is 16.8 Å². The van der Waals surface area contributed by atoms with Crippen molar-refractivity contribution in [2.75, 3.05) is 18.1 Å². The van der Waals surface area contributed by atoms with E-state index in [0.717, 1.165) is 12.1 Å². The minimum atomic E-state index is -4.37. The van der Waals surface area contributed by atoms with Gasteiger partial charge in [0.2, 0.25) is 0 Å². The van der Waals surface area contributed by atoms with Gasteiger partial charge in [0.15, 0.2) is 0 Å². The maximum atomic E-state index is 10.9. The minimum absolute atomic E-state index is 0.00506. The van der Waals surface area contributed by atoms with Crippen molar-refractivity contribution in [3.8, 4) is 5.75 Å². The lowest BCUT2D eigenvalue weighted by Crippen LogP contribution is -2.09. The van der Waals surface area contributed by atoms with Gasteiger partial charge in [-0.15, -0.1) is 0 Å². The third-order valence-corrected chi connectivity index (χ3v) is 3.74. The summed E-state index contributed by atoms with van der Waals surface area (Å²) in [5.41, 5.74) is 5.67. The molecule has 0 aromatic heterocycles. The molecule has 0 heterocycles. The maximum absolute atomic E-state index is 10.9. The highest BCUT2D eigenvalue weighted by Crippen LogP contribution is 2.25. The summed E-state index contributed by atoms with van der Waals surface area (Å²) in [7, 11) is -8.43. The molecule has 10 heteroatoms. The van der Waals surface area contributed by atoms with Crippen LogP contribution in [-0.4, -0.2) is 38.3 Å². The second-order valence-corrected chi connectivity index (χ2v) is 6.66. The van der Waals surface area contributed by atoms with Gasteiger partial charge in [-0.05, 0) is 18.6 Å². The zero-order valence-corrected chi connectivity index (χ0v) is 11.3. The van der Waals surface area contributed by atoms with Crippen LogP contribution in [0.1, 0.15) is 6.42 Å². The molecular formula is C9H13NO7S2. The predicted molar refractivity (Wildman–Crippen MR) is 67.2 cm³/mol. The topological polar surface area (TPSA) is 144 Å². The zero-order valence-electron chi connectivity index (χ0n) is 9.68. The molecular weight excluding hydrogens is 298 g/mol. The van der Waals surface area contributed by atoms with Crippen molar-refractivity contribution in [1.82, 2.24) is 0 Å². The molecule has 0 aliphatic rings. The maximum Gasteiger partial charge on any atom is 0.294 e. The molecule has 0 fully saturated rings. The molecule has 0 radical (unpaired) electrons. The Morgan fingerprint density at radius 2 is 1.79 bits per heavy atom. The van der Waals surface area contributed by atoms with Gasteiger partial charge in [-0.25, -0.2) is 0 Å². The third-order valence-electron chi connectivity index (χ3n) is 2.09. The van der Waals surface area contributed by atoms with Crippen molar-refractivity contribution in [1.29, 1.82) is 0 Å². The minimum Gasteiger partial charge on any atom is -0.491 e. The molecule has 19 heavy (non-hydrogen) atoms. The SMILES string of the molecule is Nc1ccc(S(=O)(=O)O)cc1OCCCS(=O)(=O)O. The first-order chi connectivity index (χ1) is 8.59. The Morgan fingerprint density at radius 1 is 1.16 bits per heavy atom. The number of anilines is 1. The molecule has 1 aromatic rings. The summed E-state index contributed by atoms with van der Waals surface area (Å²) in [5, 5.41) is 0. The van der Waals surface area contributed by atoms with Crippen LogP contribution in [-0.2, 0) is 20.2 Å². The van der Waals surface area contributed by atoms with Gasteiger partial charge in [0, 0.05) is 6.07 Å². The molecule has 8 nitrogen and oxygen atoms in total. The quantitative estimate of drug-likeness (QED) is 0.383. The van der Waals surface area contributed by atoms with Crippen LogP contribution in [0.25, 0.3) is 0 Å². The molecule has 0 saturated heterocycles.